The molecule has 0 saturated heterocycles. The van der Waals surface area contributed by atoms with Crippen molar-refractivity contribution in [1.29, 1.82) is 0 Å². The van der Waals surface area contributed by atoms with E-state index in [4.69, 9.17) is 0 Å². The normalized spacial score (nSPS) is 12.2. The van der Waals surface area contributed by atoms with Gasteiger partial charge in [-0.1, -0.05) is 13.3 Å². The highest BCUT2D eigenvalue weighted by Gasteiger charge is 2.11. The van der Waals surface area contributed by atoms with E-state index in [9.17, 15) is 9.59 Å². The topological polar surface area (TPSA) is 43.4 Å². The number of unbranched alkanes of at least 4 members (excludes halogenated alkanes) is 2. The van der Waals surface area contributed by atoms with Crippen LogP contribution in [0.2, 0.25) is 0 Å². The molecule has 12 heavy (non-hydrogen) atoms. The van der Waals surface area contributed by atoms with Gasteiger partial charge in [0.15, 0.2) is 0 Å². The second-order valence-electron chi connectivity index (χ2n) is 2.88. The lowest BCUT2D eigenvalue weighted by atomic mass is 10.0. The molecule has 1 atom stereocenters. The zero-order valence-corrected chi connectivity index (χ0v) is 7.71. The van der Waals surface area contributed by atoms with Gasteiger partial charge in [0.05, 0.1) is 13.0 Å². The average molecular weight is 172 g/mol. The maximum atomic E-state index is 10.9. The number of methoxy groups -OCH3 is 1. The van der Waals surface area contributed by atoms with Crippen molar-refractivity contribution in [2.24, 2.45) is 5.92 Å². The second kappa shape index (κ2) is 6.83. The van der Waals surface area contributed by atoms with Crippen molar-refractivity contribution >= 4 is 12.3 Å². The Morgan fingerprint density at radius 1 is 1.50 bits per heavy atom. The maximum absolute atomic E-state index is 10.9. The van der Waals surface area contributed by atoms with Crippen molar-refractivity contribution in [2.45, 2.75) is 32.6 Å². The monoisotopic (exact) mass is 172 g/mol. The number of hydrogen-bond acceptors (Lipinski definition) is 3. The van der Waals surface area contributed by atoms with Gasteiger partial charge >= 0.3 is 5.97 Å². The van der Waals surface area contributed by atoms with Gasteiger partial charge in [0, 0.05) is 6.42 Å². The van der Waals surface area contributed by atoms with E-state index in [-0.39, 0.29) is 11.9 Å². The highest BCUT2D eigenvalue weighted by atomic mass is 16.5. The van der Waals surface area contributed by atoms with E-state index in [1.165, 1.54) is 7.11 Å². The fraction of sp³-hybridized carbons (Fsp3) is 0.778. The van der Waals surface area contributed by atoms with E-state index in [1.807, 2.05) is 6.92 Å². The number of esters is 1. The molecule has 0 bridgehead atoms. The van der Waals surface area contributed by atoms with Gasteiger partial charge in [0.1, 0.15) is 6.29 Å². The van der Waals surface area contributed by atoms with Gasteiger partial charge < -0.3 is 9.53 Å². The lowest BCUT2D eigenvalue weighted by Crippen LogP contribution is -2.12. The van der Waals surface area contributed by atoms with Crippen LogP contribution in [0.25, 0.3) is 0 Å². The Balaban J connectivity index is 3.36. The van der Waals surface area contributed by atoms with Crippen LogP contribution >= 0.6 is 0 Å². The number of rotatable bonds is 6. The van der Waals surface area contributed by atoms with Crippen LogP contribution in [0.3, 0.4) is 0 Å². The molecule has 70 valence electrons. The fourth-order valence-corrected chi connectivity index (χ4v) is 0.997. The first-order chi connectivity index (χ1) is 5.72. The van der Waals surface area contributed by atoms with Crippen molar-refractivity contribution in [3.05, 3.63) is 0 Å². The van der Waals surface area contributed by atoms with E-state index in [2.05, 4.69) is 4.74 Å². The van der Waals surface area contributed by atoms with Crippen molar-refractivity contribution in [3.63, 3.8) is 0 Å². The quantitative estimate of drug-likeness (QED) is 0.347. The molecule has 3 nitrogen and oxygen atoms in total. The van der Waals surface area contributed by atoms with Crippen LogP contribution in [-0.4, -0.2) is 19.4 Å². The zero-order valence-electron chi connectivity index (χ0n) is 7.71. The zero-order chi connectivity index (χ0) is 9.40. The predicted molar refractivity (Wildman–Crippen MR) is 45.7 cm³/mol. The van der Waals surface area contributed by atoms with E-state index >= 15 is 0 Å². The molecule has 0 spiro atoms. The minimum absolute atomic E-state index is 0.0401. The second-order valence-corrected chi connectivity index (χ2v) is 2.88. The summed E-state index contributed by atoms with van der Waals surface area (Å²) in [6, 6.07) is 0. The number of ether oxygens (including phenoxy) is 1. The molecular formula is C9H16O3. The van der Waals surface area contributed by atoms with Crippen LogP contribution in [0, 0.1) is 5.92 Å². The summed E-state index contributed by atoms with van der Waals surface area (Å²) >= 11 is 0. The van der Waals surface area contributed by atoms with Gasteiger partial charge in [-0.25, -0.2) is 0 Å². The summed E-state index contributed by atoms with van der Waals surface area (Å²) in [7, 11) is 1.39. The third-order valence-electron chi connectivity index (χ3n) is 1.81. The first-order valence-corrected chi connectivity index (χ1v) is 4.23. The number of aldehydes is 1. The summed E-state index contributed by atoms with van der Waals surface area (Å²) in [6.45, 7) is 1.84. The molecule has 0 aliphatic heterocycles. The third kappa shape index (κ3) is 4.88. The number of carbonyl (C=O) groups excluding carboxylic acids is 2. The predicted octanol–water partition coefficient (Wildman–Crippen LogP) is 1.55. The lowest BCUT2D eigenvalue weighted by molar-refractivity contribution is -0.145. The van der Waals surface area contributed by atoms with Crippen LogP contribution in [0.15, 0.2) is 0 Å². The van der Waals surface area contributed by atoms with Crippen molar-refractivity contribution in [1.82, 2.24) is 0 Å². The first-order valence-electron chi connectivity index (χ1n) is 4.23. The Morgan fingerprint density at radius 2 is 2.17 bits per heavy atom. The minimum atomic E-state index is -0.166. The average Bonchev–Trinajstić information content (AvgIpc) is 2.10. The van der Waals surface area contributed by atoms with Gasteiger partial charge in [-0.05, 0) is 12.8 Å². The molecule has 0 N–H and O–H groups in total. The fourth-order valence-electron chi connectivity index (χ4n) is 0.997. The Bertz CT molecular complexity index is 143. The van der Waals surface area contributed by atoms with Gasteiger partial charge in [-0.2, -0.15) is 0 Å². The molecule has 0 aromatic carbocycles. The largest absolute Gasteiger partial charge is 0.469 e. The van der Waals surface area contributed by atoms with Crippen molar-refractivity contribution in [2.75, 3.05) is 7.11 Å². The van der Waals surface area contributed by atoms with Crippen LogP contribution in [-0.2, 0) is 14.3 Å². The molecule has 0 aliphatic rings. The number of carbonyl (C=O) groups is 2. The number of hydrogen-bond donors (Lipinski definition) is 0. The summed E-state index contributed by atoms with van der Waals surface area (Å²) in [5, 5.41) is 0. The van der Waals surface area contributed by atoms with Crippen molar-refractivity contribution < 1.29 is 14.3 Å². The minimum Gasteiger partial charge on any atom is -0.469 e. The summed E-state index contributed by atoms with van der Waals surface area (Å²) in [5.41, 5.74) is 0. The van der Waals surface area contributed by atoms with Gasteiger partial charge in [0.2, 0.25) is 0 Å². The van der Waals surface area contributed by atoms with Gasteiger partial charge in [-0.15, -0.1) is 0 Å². The molecule has 0 aromatic rings. The molecule has 3 heteroatoms. The third-order valence-corrected chi connectivity index (χ3v) is 1.81. The summed E-state index contributed by atoms with van der Waals surface area (Å²) < 4.78 is 4.56. The van der Waals surface area contributed by atoms with E-state index < -0.39 is 0 Å². The van der Waals surface area contributed by atoms with Crippen LogP contribution < -0.4 is 0 Å². The van der Waals surface area contributed by atoms with E-state index in [0.717, 1.165) is 25.5 Å². The van der Waals surface area contributed by atoms with Crippen LogP contribution in [0.1, 0.15) is 32.6 Å². The van der Waals surface area contributed by atoms with Gasteiger partial charge in [0.25, 0.3) is 0 Å². The van der Waals surface area contributed by atoms with Crippen LogP contribution in [0.5, 0.6) is 0 Å². The standard InChI is InChI=1S/C9H16O3/c1-8(9(11)12-2)6-4-3-5-7-10/h7-8H,3-6H2,1-2H3/t8-/m0/s1. The Kier molecular flexibility index (Phi) is 6.34. The smallest absolute Gasteiger partial charge is 0.308 e. The molecule has 0 amide bonds. The summed E-state index contributed by atoms with van der Waals surface area (Å²) in [4.78, 5) is 20.8. The van der Waals surface area contributed by atoms with Gasteiger partial charge in [-0.3, -0.25) is 4.79 Å². The van der Waals surface area contributed by atoms with Crippen LogP contribution in [0.4, 0.5) is 0 Å². The molecule has 0 rings (SSSR count). The summed E-state index contributed by atoms with van der Waals surface area (Å²) in [5.74, 6) is -0.206. The maximum Gasteiger partial charge on any atom is 0.308 e. The lowest BCUT2D eigenvalue weighted by Gasteiger charge is -2.07. The molecule has 0 aliphatic carbocycles. The Morgan fingerprint density at radius 3 is 2.67 bits per heavy atom. The van der Waals surface area contributed by atoms with Crippen molar-refractivity contribution in [3.8, 4) is 0 Å². The molecular weight excluding hydrogens is 156 g/mol. The molecule has 0 unspecified atom stereocenters. The van der Waals surface area contributed by atoms with E-state index in [1.54, 1.807) is 0 Å². The first kappa shape index (κ1) is 11.1. The highest BCUT2D eigenvalue weighted by Crippen LogP contribution is 2.09. The molecule has 0 fully saturated rings. The molecule has 0 radical (unpaired) electrons. The van der Waals surface area contributed by atoms with E-state index in [0.29, 0.717) is 6.42 Å². The molecule has 0 saturated carbocycles. The highest BCUT2D eigenvalue weighted by molar-refractivity contribution is 5.71. The SMILES string of the molecule is COC(=O)[C@@H](C)CCCCC=O. The Labute approximate surface area is 73.1 Å². The Hall–Kier alpha value is -0.860. The summed E-state index contributed by atoms with van der Waals surface area (Å²) in [6.07, 6.45) is 4.08. The molecule has 0 heterocycles. The molecule has 0 aromatic heterocycles.